The second-order valence-electron chi connectivity index (χ2n) is 7.47. The van der Waals surface area contributed by atoms with Crippen LogP contribution in [0.5, 0.6) is 0 Å². The van der Waals surface area contributed by atoms with Crippen molar-refractivity contribution in [3.63, 3.8) is 0 Å². The Kier molecular flexibility index (Phi) is 7.61. The average molecular weight is 397 g/mol. The summed E-state index contributed by atoms with van der Waals surface area (Å²) in [6, 6.07) is 0. The van der Waals surface area contributed by atoms with Gasteiger partial charge in [-0.1, -0.05) is 43.4 Å². The Labute approximate surface area is 155 Å². The van der Waals surface area contributed by atoms with E-state index in [4.69, 9.17) is 4.74 Å². The van der Waals surface area contributed by atoms with E-state index in [2.05, 4.69) is 30.6 Å². The molecule has 0 bridgehead atoms. The smallest absolute Gasteiger partial charge is 0.359 e. The van der Waals surface area contributed by atoms with Crippen molar-refractivity contribution in [3.05, 3.63) is 0 Å². The van der Waals surface area contributed by atoms with Crippen LogP contribution >= 0.6 is 33.3 Å². The molecular weight excluding hydrogens is 369 g/mol. The molecule has 1 aliphatic carbocycles. The molecule has 140 valence electrons. The largest absolute Gasteiger partial charge is 0.592 e. The van der Waals surface area contributed by atoms with Crippen molar-refractivity contribution in [2.24, 2.45) is 11.8 Å². The predicted molar refractivity (Wildman–Crippen MR) is 98.2 cm³/mol. The molecule has 0 radical (unpaired) electrons. The molecule has 0 saturated heterocycles. The summed E-state index contributed by atoms with van der Waals surface area (Å²) in [6.07, 6.45) is 3.55. The summed E-state index contributed by atoms with van der Waals surface area (Å²) >= 11 is 8.47. The minimum absolute atomic E-state index is 0.135. The molecular formula is C15H28NO5PS2. The lowest BCUT2D eigenvalue weighted by Crippen LogP contribution is -2.63. The average Bonchev–Trinajstić information content (AvgIpc) is 2.43. The Hall–Kier alpha value is 0.150. The SMILES string of the molecule is CC1CCCCC1C(S)(NCC(=O)OC(C)(C)C)C(O)(S)[P+](=O)[O-]. The number of carbonyl (C=O) groups is 1. The van der Waals surface area contributed by atoms with Gasteiger partial charge in [0.1, 0.15) is 5.60 Å². The lowest BCUT2D eigenvalue weighted by molar-refractivity contribution is -0.177. The molecule has 1 rings (SSSR count). The van der Waals surface area contributed by atoms with Crippen molar-refractivity contribution < 1.29 is 24.1 Å². The molecule has 0 aromatic heterocycles. The maximum atomic E-state index is 12.0. The van der Waals surface area contributed by atoms with Gasteiger partial charge in [0, 0.05) is 0 Å². The molecule has 5 atom stereocenters. The molecule has 5 unspecified atom stereocenters. The number of aliphatic hydroxyl groups is 1. The van der Waals surface area contributed by atoms with E-state index >= 15 is 0 Å². The molecule has 0 aromatic carbocycles. The number of thiol groups is 2. The van der Waals surface area contributed by atoms with Gasteiger partial charge in [-0.3, -0.25) is 10.1 Å². The van der Waals surface area contributed by atoms with Gasteiger partial charge in [-0.15, -0.1) is 12.6 Å². The monoisotopic (exact) mass is 397 g/mol. The van der Waals surface area contributed by atoms with Crippen molar-refractivity contribution in [3.8, 4) is 0 Å². The van der Waals surface area contributed by atoms with Gasteiger partial charge in [-0.05, 0) is 39.0 Å². The molecule has 9 heteroatoms. The molecule has 2 N–H and O–H groups in total. The van der Waals surface area contributed by atoms with E-state index in [9.17, 15) is 19.4 Å². The Balaban J connectivity index is 3.02. The van der Waals surface area contributed by atoms with Crippen molar-refractivity contribution in [1.29, 1.82) is 0 Å². The summed E-state index contributed by atoms with van der Waals surface area (Å²) in [5.41, 5.74) is -0.656. The summed E-state index contributed by atoms with van der Waals surface area (Å²) < 4.78 is 14.4. The number of carbonyl (C=O) groups excluding carboxylic acids is 1. The fourth-order valence-corrected chi connectivity index (χ4v) is 4.63. The number of nitrogens with one attached hydrogen (secondary N) is 1. The second kappa shape index (κ2) is 8.23. The van der Waals surface area contributed by atoms with Gasteiger partial charge >= 0.3 is 18.7 Å². The lowest BCUT2D eigenvalue weighted by atomic mass is 9.75. The molecule has 24 heavy (non-hydrogen) atoms. The standard InChI is InChI=1S/C15H28NO5PS2/c1-10-7-5-6-8-11(10)14(23,15(18,24)22(19)20)16-9-12(17)21-13(2,3)4/h10-11,16,18,23-24H,5-9H2,1-4H3. The third kappa shape index (κ3) is 5.32. The molecule has 1 fully saturated rings. The fraction of sp³-hybridized carbons (Fsp3) is 0.933. The van der Waals surface area contributed by atoms with Crippen LogP contribution in [0.3, 0.4) is 0 Å². The Morgan fingerprint density at radius 3 is 2.33 bits per heavy atom. The van der Waals surface area contributed by atoms with Crippen molar-refractivity contribution in [2.75, 3.05) is 6.54 Å². The maximum absolute atomic E-state index is 12.0. The van der Waals surface area contributed by atoms with E-state index in [-0.39, 0.29) is 18.4 Å². The lowest BCUT2D eigenvalue weighted by Gasteiger charge is -2.45. The molecule has 0 heterocycles. The summed E-state index contributed by atoms with van der Waals surface area (Å²) in [7, 11) is -3.30. The van der Waals surface area contributed by atoms with Crippen molar-refractivity contribution in [2.45, 2.75) is 68.5 Å². The quantitative estimate of drug-likeness (QED) is 0.237. The molecule has 0 spiro atoms. The first-order chi connectivity index (χ1) is 10.8. The summed E-state index contributed by atoms with van der Waals surface area (Å²) in [4.78, 5) is 22.0. The zero-order valence-electron chi connectivity index (χ0n) is 14.6. The van der Waals surface area contributed by atoms with Crippen LogP contribution in [0, 0.1) is 11.8 Å². The van der Waals surface area contributed by atoms with Crippen molar-refractivity contribution >= 4 is 39.3 Å². The zero-order chi connectivity index (χ0) is 18.8. The molecule has 0 aromatic rings. The van der Waals surface area contributed by atoms with E-state index in [1.807, 2.05) is 6.92 Å². The van der Waals surface area contributed by atoms with Crippen LogP contribution in [0.25, 0.3) is 0 Å². The van der Waals surface area contributed by atoms with Crippen LogP contribution in [-0.4, -0.2) is 32.8 Å². The van der Waals surface area contributed by atoms with E-state index in [1.54, 1.807) is 20.8 Å². The number of hydrogen-bond donors (Lipinski definition) is 4. The molecule has 0 amide bonds. The predicted octanol–water partition coefficient (Wildman–Crippen LogP) is 2.05. The fourth-order valence-electron chi connectivity index (χ4n) is 3.16. The number of ether oxygens (including phenoxy) is 1. The summed E-state index contributed by atoms with van der Waals surface area (Å²) in [6.45, 7) is 6.95. The van der Waals surface area contributed by atoms with Gasteiger partial charge in [-0.25, -0.2) is 0 Å². The first-order valence-corrected chi connectivity index (χ1v) is 10.2. The molecule has 1 saturated carbocycles. The number of esters is 1. The highest BCUT2D eigenvalue weighted by molar-refractivity contribution is 7.91. The highest BCUT2D eigenvalue weighted by Gasteiger charge is 2.61. The summed E-state index contributed by atoms with van der Waals surface area (Å²) in [5.74, 6) is -0.668. The van der Waals surface area contributed by atoms with Gasteiger partial charge in [-0.2, -0.15) is 0 Å². The second-order valence-corrected chi connectivity index (χ2v) is 10.3. The minimum atomic E-state index is -3.30. The minimum Gasteiger partial charge on any atom is -0.592 e. The van der Waals surface area contributed by atoms with Gasteiger partial charge in [0.25, 0.3) is 0 Å². The van der Waals surface area contributed by atoms with Gasteiger partial charge in [0.05, 0.1) is 6.54 Å². The topological polar surface area (TPSA) is 98.7 Å². The van der Waals surface area contributed by atoms with Crippen LogP contribution < -0.4 is 10.2 Å². The van der Waals surface area contributed by atoms with E-state index < -0.39 is 29.1 Å². The van der Waals surface area contributed by atoms with Crippen LogP contribution in [0.15, 0.2) is 0 Å². The number of hydrogen-bond acceptors (Lipinski definition) is 8. The Morgan fingerprint density at radius 1 is 1.33 bits per heavy atom. The normalized spacial score (nSPS) is 27.8. The first-order valence-electron chi connectivity index (χ1n) is 8.09. The zero-order valence-corrected chi connectivity index (χ0v) is 17.3. The van der Waals surface area contributed by atoms with Crippen LogP contribution in [0.1, 0.15) is 53.4 Å². The molecule has 0 aliphatic heterocycles. The maximum Gasteiger partial charge on any atom is 0.359 e. The van der Waals surface area contributed by atoms with E-state index in [0.717, 1.165) is 19.3 Å². The first kappa shape index (κ1) is 22.2. The van der Waals surface area contributed by atoms with Crippen LogP contribution in [-0.2, 0) is 14.1 Å². The molecule has 1 aliphatic rings. The van der Waals surface area contributed by atoms with Crippen molar-refractivity contribution in [1.82, 2.24) is 5.32 Å². The number of rotatable bonds is 6. The highest BCUT2D eigenvalue weighted by Crippen LogP contribution is 2.52. The Morgan fingerprint density at radius 2 is 1.88 bits per heavy atom. The van der Waals surface area contributed by atoms with Crippen LogP contribution in [0.2, 0.25) is 0 Å². The third-order valence-corrected chi connectivity index (χ3v) is 7.21. The van der Waals surface area contributed by atoms with Crippen LogP contribution in [0.4, 0.5) is 0 Å². The van der Waals surface area contributed by atoms with Gasteiger partial charge < -0.3 is 14.7 Å². The Bertz CT molecular complexity index is 483. The van der Waals surface area contributed by atoms with Gasteiger partial charge in [0.2, 0.25) is 0 Å². The molecule has 6 nitrogen and oxygen atoms in total. The van der Waals surface area contributed by atoms with E-state index in [1.165, 1.54) is 0 Å². The third-order valence-electron chi connectivity index (χ3n) is 4.34. The summed E-state index contributed by atoms with van der Waals surface area (Å²) in [5, 5.41) is 13.3. The van der Waals surface area contributed by atoms with Gasteiger partial charge in [0.15, 0.2) is 4.87 Å². The highest BCUT2D eigenvalue weighted by atomic mass is 32.1. The van der Waals surface area contributed by atoms with E-state index in [0.29, 0.717) is 6.42 Å².